The molecule has 2 aromatic rings. The van der Waals surface area contributed by atoms with Crippen molar-refractivity contribution in [1.82, 2.24) is 15.2 Å². The summed E-state index contributed by atoms with van der Waals surface area (Å²) in [5, 5.41) is 15.0. The minimum Gasteiger partial charge on any atom is -0.356 e. The Morgan fingerprint density at radius 2 is 2.03 bits per heavy atom. The highest BCUT2D eigenvalue weighted by molar-refractivity contribution is 5.89. The molecule has 1 aromatic carbocycles. The predicted molar refractivity (Wildman–Crippen MR) is 138 cm³/mol. The third-order valence-corrected chi connectivity index (χ3v) is 6.30. The fourth-order valence-electron chi connectivity index (χ4n) is 4.39. The molecule has 34 heavy (non-hydrogen) atoms. The van der Waals surface area contributed by atoms with E-state index in [0.29, 0.717) is 18.0 Å². The van der Waals surface area contributed by atoms with Crippen LogP contribution in [0.25, 0.3) is 0 Å². The summed E-state index contributed by atoms with van der Waals surface area (Å²) in [5.74, 6) is 1.47. The highest BCUT2D eigenvalue weighted by Gasteiger charge is 2.22. The number of pyridine rings is 1. The van der Waals surface area contributed by atoms with E-state index in [2.05, 4.69) is 71.4 Å². The highest BCUT2D eigenvalue weighted by Crippen LogP contribution is 2.24. The Bertz CT molecular complexity index is 976. The van der Waals surface area contributed by atoms with Gasteiger partial charge in [-0.1, -0.05) is 32.9 Å². The molecule has 1 unspecified atom stereocenters. The molecule has 0 aliphatic carbocycles. The van der Waals surface area contributed by atoms with E-state index in [1.807, 2.05) is 18.2 Å². The van der Waals surface area contributed by atoms with Crippen LogP contribution >= 0.6 is 0 Å². The normalized spacial score (nSPS) is 16.2. The molecule has 1 fully saturated rings. The zero-order valence-electron chi connectivity index (χ0n) is 21.0. The third-order valence-electron chi connectivity index (χ3n) is 6.30. The molecule has 0 spiro atoms. The lowest BCUT2D eigenvalue weighted by molar-refractivity contribution is 0.243. The fraction of sp³-hybridized carbons (Fsp3) is 0.519. The Labute approximate surface area is 204 Å². The van der Waals surface area contributed by atoms with Crippen molar-refractivity contribution in [2.75, 3.05) is 50.0 Å². The number of nitrogens with one attached hydrogen (secondary N) is 2. The number of carbonyl (C=O) groups is 1. The van der Waals surface area contributed by atoms with E-state index in [9.17, 15) is 4.79 Å². The van der Waals surface area contributed by atoms with Crippen molar-refractivity contribution in [1.29, 1.82) is 5.26 Å². The number of urea groups is 1. The van der Waals surface area contributed by atoms with Crippen LogP contribution < -0.4 is 15.5 Å². The summed E-state index contributed by atoms with van der Waals surface area (Å²) in [6.07, 6.45) is 4.95. The average Bonchev–Trinajstić information content (AvgIpc) is 2.82. The number of nitrogens with zero attached hydrogens (tertiary/aromatic N) is 4. The van der Waals surface area contributed by atoms with E-state index >= 15 is 0 Å². The summed E-state index contributed by atoms with van der Waals surface area (Å²) in [5.41, 5.74) is 2.80. The van der Waals surface area contributed by atoms with Gasteiger partial charge >= 0.3 is 6.03 Å². The van der Waals surface area contributed by atoms with Gasteiger partial charge < -0.3 is 20.4 Å². The van der Waals surface area contributed by atoms with Crippen LogP contribution in [0.4, 0.5) is 16.3 Å². The molecule has 1 atom stereocenters. The van der Waals surface area contributed by atoms with Crippen molar-refractivity contribution in [3.05, 3.63) is 53.7 Å². The van der Waals surface area contributed by atoms with Crippen LogP contribution in [-0.2, 0) is 5.41 Å². The maximum Gasteiger partial charge on any atom is 0.319 e. The van der Waals surface area contributed by atoms with Gasteiger partial charge in [0, 0.05) is 38.1 Å². The molecule has 3 rings (SSSR count). The minimum atomic E-state index is -0.166. The van der Waals surface area contributed by atoms with Crippen LogP contribution in [0.5, 0.6) is 0 Å². The van der Waals surface area contributed by atoms with Crippen molar-refractivity contribution < 1.29 is 4.79 Å². The molecule has 1 aromatic heterocycles. The number of carbonyl (C=O) groups excluding carboxylic acids is 1. The number of amides is 2. The first-order valence-corrected chi connectivity index (χ1v) is 12.2. The number of anilines is 2. The van der Waals surface area contributed by atoms with Crippen molar-refractivity contribution in [3.63, 3.8) is 0 Å². The van der Waals surface area contributed by atoms with Gasteiger partial charge in [0.2, 0.25) is 0 Å². The summed E-state index contributed by atoms with van der Waals surface area (Å²) < 4.78 is 0. The molecule has 2 N–H and O–H groups in total. The van der Waals surface area contributed by atoms with E-state index in [4.69, 9.17) is 5.26 Å². The molecule has 7 nitrogen and oxygen atoms in total. The lowest BCUT2D eigenvalue weighted by atomic mass is 9.87. The molecule has 7 heteroatoms. The Balaban J connectivity index is 1.35. The first-order chi connectivity index (χ1) is 16.2. The number of hydrogen-bond acceptors (Lipinski definition) is 5. The van der Waals surface area contributed by atoms with E-state index in [0.717, 1.165) is 50.5 Å². The second kappa shape index (κ2) is 11.8. The standard InChI is InChI=1S/C27H38N6O/c1-27(2,3)23-8-10-24(11-9-23)31-26(34)30-13-6-15-32(4)19-22-7-5-16-33(20-22)25-17-21(18-28)12-14-29-25/h8-12,14,17,22H,5-7,13,15-16,19-20H2,1-4H3,(H2,30,31,34). The van der Waals surface area contributed by atoms with Gasteiger partial charge in [0.1, 0.15) is 5.82 Å². The molecule has 1 saturated heterocycles. The number of hydrogen-bond donors (Lipinski definition) is 2. The number of rotatable bonds is 8. The van der Waals surface area contributed by atoms with E-state index in [1.165, 1.54) is 12.0 Å². The zero-order valence-corrected chi connectivity index (χ0v) is 21.0. The summed E-state index contributed by atoms with van der Waals surface area (Å²) in [7, 11) is 2.14. The van der Waals surface area contributed by atoms with Crippen LogP contribution in [-0.4, -0.2) is 55.7 Å². The number of nitriles is 1. The first kappa shape index (κ1) is 25.5. The van der Waals surface area contributed by atoms with Gasteiger partial charge in [0.15, 0.2) is 0 Å². The molecule has 1 aliphatic heterocycles. The van der Waals surface area contributed by atoms with Crippen LogP contribution in [0.2, 0.25) is 0 Å². The number of piperidine rings is 1. The topological polar surface area (TPSA) is 84.3 Å². The molecule has 1 aliphatic rings. The summed E-state index contributed by atoms with van der Waals surface area (Å²) in [6, 6.07) is 13.7. The van der Waals surface area contributed by atoms with Crippen LogP contribution in [0.3, 0.4) is 0 Å². The summed E-state index contributed by atoms with van der Waals surface area (Å²) in [6.45, 7) is 11.1. The molecule has 182 valence electrons. The van der Waals surface area contributed by atoms with Gasteiger partial charge in [-0.25, -0.2) is 9.78 Å². The first-order valence-electron chi connectivity index (χ1n) is 12.2. The Kier molecular flexibility index (Phi) is 8.89. The van der Waals surface area contributed by atoms with Crippen LogP contribution in [0.1, 0.15) is 51.2 Å². The Hall–Kier alpha value is -3.11. The Morgan fingerprint density at radius 1 is 1.26 bits per heavy atom. The Morgan fingerprint density at radius 3 is 2.74 bits per heavy atom. The molecule has 0 radical (unpaired) electrons. The van der Waals surface area contributed by atoms with Crippen molar-refractivity contribution in [3.8, 4) is 6.07 Å². The third kappa shape index (κ3) is 7.74. The average molecular weight is 463 g/mol. The SMILES string of the molecule is CN(CCCNC(=O)Nc1ccc(C(C)(C)C)cc1)CC1CCCN(c2cc(C#N)ccn2)C1. The molecular formula is C27H38N6O. The van der Waals surface area contributed by atoms with Gasteiger partial charge in [-0.05, 0) is 74.0 Å². The minimum absolute atomic E-state index is 0.0993. The van der Waals surface area contributed by atoms with Gasteiger partial charge in [-0.3, -0.25) is 0 Å². The molecule has 2 heterocycles. The quantitative estimate of drug-likeness (QED) is 0.560. The fourth-order valence-corrected chi connectivity index (χ4v) is 4.39. The van der Waals surface area contributed by atoms with Gasteiger partial charge in [-0.15, -0.1) is 0 Å². The molecule has 2 amide bonds. The molecule has 0 bridgehead atoms. The smallest absolute Gasteiger partial charge is 0.319 e. The van der Waals surface area contributed by atoms with E-state index in [1.54, 1.807) is 12.3 Å². The predicted octanol–water partition coefficient (Wildman–Crippen LogP) is 4.61. The summed E-state index contributed by atoms with van der Waals surface area (Å²) >= 11 is 0. The largest absolute Gasteiger partial charge is 0.356 e. The van der Waals surface area contributed by atoms with Gasteiger partial charge in [0.05, 0.1) is 11.6 Å². The molecule has 0 saturated carbocycles. The van der Waals surface area contributed by atoms with Gasteiger partial charge in [0.25, 0.3) is 0 Å². The van der Waals surface area contributed by atoms with Crippen molar-refractivity contribution in [2.45, 2.75) is 45.4 Å². The highest BCUT2D eigenvalue weighted by atomic mass is 16.2. The lowest BCUT2D eigenvalue weighted by Gasteiger charge is -2.35. The lowest BCUT2D eigenvalue weighted by Crippen LogP contribution is -2.41. The van der Waals surface area contributed by atoms with Crippen LogP contribution in [0.15, 0.2) is 42.6 Å². The second-order valence-electron chi connectivity index (χ2n) is 10.3. The number of aromatic nitrogens is 1. The monoisotopic (exact) mass is 462 g/mol. The second-order valence-corrected chi connectivity index (χ2v) is 10.3. The van der Waals surface area contributed by atoms with Gasteiger partial charge in [-0.2, -0.15) is 5.26 Å². The zero-order chi connectivity index (χ0) is 24.6. The maximum atomic E-state index is 12.2. The van der Waals surface area contributed by atoms with Crippen molar-refractivity contribution >= 4 is 17.5 Å². The van der Waals surface area contributed by atoms with E-state index < -0.39 is 0 Å². The number of benzene rings is 1. The van der Waals surface area contributed by atoms with Crippen molar-refractivity contribution in [2.24, 2.45) is 5.92 Å². The maximum absolute atomic E-state index is 12.2. The summed E-state index contributed by atoms with van der Waals surface area (Å²) in [4.78, 5) is 21.3. The van der Waals surface area contributed by atoms with Crippen LogP contribution in [0, 0.1) is 17.2 Å². The van der Waals surface area contributed by atoms with E-state index in [-0.39, 0.29) is 11.4 Å². The molecular weight excluding hydrogens is 424 g/mol.